The number of hydrogen-bond donors (Lipinski definition) is 2. The molecule has 0 aromatic rings. The van der Waals surface area contributed by atoms with Crippen LogP contribution >= 0.6 is 0 Å². The minimum atomic E-state index is -0.895. The quantitative estimate of drug-likeness (QED) is 0.562. The number of aliphatic carboxylic acids is 1. The molecule has 1 rings (SSSR count). The molecule has 0 atom stereocenters. The first-order valence-corrected chi connectivity index (χ1v) is 4.04. The van der Waals surface area contributed by atoms with Gasteiger partial charge in [-0.15, -0.1) is 0 Å². The molecule has 0 aromatic heterocycles. The van der Waals surface area contributed by atoms with Crippen LogP contribution in [0.25, 0.3) is 0 Å². The van der Waals surface area contributed by atoms with Crippen LogP contribution in [0.4, 0.5) is 0 Å². The van der Waals surface area contributed by atoms with Crippen molar-refractivity contribution in [2.24, 2.45) is 0 Å². The van der Waals surface area contributed by atoms with E-state index in [2.05, 4.69) is 16.8 Å². The summed E-state index contributed by atoms with van der Waals surface area (Å²) in [4.78, 5) is 12.5. The smallest absolute Gasteiger partial charge is 0.332 e. The Labute approximate surface area is 71.9 Å². The molecule has 12 heavy (non-hydrogen) atoms. The Hall–Kier alpha value is -0.870. The number of hydrogen-bond acceptors (Lipinski definition) is 3. The summed E-state index contributed by atoms with van der Waals surface area (Å²) in [6.07, 6.45) is 0. The molecule has 1 saturated heterocycles. The van der Waals surface area contributed by atoms with Gasteiger partial charge in [-0.25, -0.2) is 4.79 Å². The average molecular weight is 170 g/mol. The van der Waals surface area contributed by atoms with E-state index in [9.17, 15) is 4.79 Å². The maximum absolute atomic E-state index is 10.4. The van der Waals surface area contributed by atoms with Crippen molar-refractivity contribution >= 4 is 5.97 Å². The van der Waals surface area contributed by atoms with Gasteiger partial charge in [-0.05, 0) is 0 Å². The predicted molar refractivity (Wildman–Crippen MR) is 46.1 cm³/mol. The summed E-state index contributed by atoms with van der Waals surface area (Å²) in [5, 5.41) is 11.8. The minimum absolute atomic E-state index is 0.275. The topological polar surface area (TPSA) is 52.6 Å². The second-order valence-electron chi connectivity index (χ2n) is 2.93. The van der Waals surface area contributed by atoms with Crippen molar-refractivity contribution in [3.05, 3.63) is 12.2 Å². The van der Waals surface area contributed by atoms with Crippen LogP contribution in [0, 0.1) is 0 Å². The fourth-order valence-electron chi connectivity index (χ4n) is 1.21. The zero-order valence-corrected chi connectivity index (χ0v) is 7.05. The normalized spacial score (nSPS) is 19.0. The number of rotatable bonds is 3. The fraction of sp³-hybridized carbons (Fsp3) is 0.625. The fourth-order valence-corrected chi connectivity index (χ4v) is 1.21. The van der Waals surface area contributed by atoms with E-state index in [1.807, 2.05) is 0 Å². The van der Waals surface area contributed by atoms with Crippen LogP contribution in [0.15, 0.2) is 12.2 Å². The van der Waals surface area contributed by atoms with Crippen molar-refractivity contribution in [3.8, 4) is 0 Å². The molecule has 1 aliphatic rings. The molecule has 2 N–H and O–H groups in total. The molecular formula is C8H14N2O2. The standard InChI is InChI=1S/C8H14N2O2/c1-7(8(11)12)6-10-4-2-9-3-5-10/h9H,1-6H2,(H,11,12). The van der Waals surface area contributed by atoms with Gasteiger partial charge >= 0.3 is 5.97 Å². The maximum atomic E-state index is 10.4. The summed E-state index contributed by atoms with van der Waals surface area (Å²) in [5.41, 5.74) is 0.275. The van der Waals surface area contributed by atoms with Crippen LogP contribution in [-0.2, 0) is 4.79 Å². The third-order valence-electron chi connectivity index (χ3n) is 1.93. The lowest BCUT2D eigenvalue weighted by molar-refractivity contribution is -0.132. The third-order valence-corrected chi connectivity index (χ3v) is 1.93. The first kappa shape index (κ1) is 9.22. The van der Waals surface area contributed by atoms with Crippen LogP contribution in [-0.4, -0.2) is 48.7 Å². The van der Waals surface area contributed by atoms with E-state index in [0.717, 1.165) is 26.2 Å². The molecule has 68 valence electrons. The van der Waals surface area contributed by atoms with Crippen molar-refractivity contribution in [1.82, 2.24) is 10.2 Å². The molecule has 0 saturated carbocycles. The first-order chi connectivity index (χ1) is 5.70. The number of nitrogens with zero attached hydrogens (tertiary/aromatic N) is 1. The van der Waals surface area contributed by atoms with E-state index >= 15 is 0 Å². The maximum Gasteiger partial charge on any atom is 0.332 e. The van der Waals surface area contributed by atoms with Gasteiger partial charge in [0.15, 0.2) is 0 Å². The highest BCUT2D eigenvalue weighted by molar-refractivity contribution is 5.86. The van der Waals surface area contributed by atoms with Crippen LogP contribution < -0.4 is 5.32 Å². The molecule has 0 radical (unpaired) electrons. The van der Waals surface area contributed by atoms with Crippen molar-refractivity contribution in [2.75, 3.05) is 32.7 Å². The van der Waals surface area contributed by atoms with Gasteiger partial charge in [-0.1, -0.05) is 6.58 Å². The zero-order chi connectivity index (χ0) is 8.97. The van der Waals surface area contributed by atoms with Gasteiger partial charge in [0.1, 0.15) is 0 Å². The van der Waals surface area contributed by atoms with Crippen LogP contribution in [0.3, 0.4) is 0 Å². The van der Waals surface area contributed by atoms with E-state index in [0.29, 0.717) is 6.54 Å². The minimum Gasteiger partial charge on any atom is -0.478 e. The van der Waals surface area contributed by atoms with E-state index in [4.69, 9.17) is 5.11 Å². The molecule has 0 bridgehead atoms. The summed E-state index contributed by atoms with van der Waals surface area (Å²) in [5.74, 6) is -0.895. The monoisotopic (exact) mass is 170 g/mol. The molecule has 0 amide bonds. The summed E-state index contributed by atoms with van der Waals surface area (Å²) >= 11 is 0. The Balaban J connectivity index is 2.29. The number of carboxylic acids is 1. The van der Waals surface area contributed by atoms with Gasteiger partial charge in [-0.2, -0.15) is 0 Å². The Kier molecular flexibility index (Phi) is 3.25. The lowest BCUT2D eigenvalue weighted by Gasteiger charge is -2.26. The molecule has 4 nitrogen and oxygen atoms in total. The predicted octanol–water partition coefficient (Wildman–Crippen LogP) is -0.468. The SMILES string of the molecule is C=C(CN1CCNCC1)C(=O)O. The lowest BCUT2D eigenvalue weighted by atomic mass is 10.2. The second kappa shape index (κ2) is 4.23. The summed E-state index contributed by atoms with van der Waals surface area (Å²) in [7, 11) is 0. The largest absolute Gasteiger partial charge is 0.478 e. The zero-order valence-electron chi connectivity index (χ0n) is 7.05. The van der Waals surface area contributed by atoms with E-state index in [1.165, 1.54) is 0 Å². The van der Waals surface area contributed by atoms with Gasteiger partial charge in [0.2, 0.25) is 0 Å². The van der Waals surface area contributed by atoms with Crippen molar-refractivity contribution in [1.29, 1.82) is 0 Å². The molecule has 0 spiro atoms. The first-order valence-electron chi connectivity index (χ1n) is 4.04. The van der Waals surface area contributed by atoms with Gasteiger partial charge in [0.25, 0.3) is 0 Å². The van der Waals surface area contributed by atoms with Crippen LogP contribution in [0.5, 0.6) is 0 Å². The molecule has 4 heteroatoms. The molecular weight excluding hydrogens is 156 g/mol. The van der Waals surface area contributed by atoms with Gasteiger partial charge < -0.3 is 10.4 Å². The average Bonchev–Trinajstić information content (AvgIpc) is 2.06. The van der Waals surface area contributed by atoms with Gasteiger partial charge in [0, 0.05) is 38.3 Å². The highest BCUT2D eigenvalue weighted by Crippen LogP contribution is 1.98. The molecule has 1 fully saturated rings. The van der Waals surface area contributed by atoms with E-state index in [1.54, 1.807) is 0 Å². The molecule has 0 unspecified atom stereocenters. The second-order valence-corrected chi connectivity index (χ2v) is 2.93. The molecule has 0 aromatic carbocycles. The van der Waals surface area contributed by atoms with Crippen molar-refractivity contribution in [3.63, 3.8) is 0 Å². The Bertz CT molecular complexity index is 185. The van der Waals surface area contributed by atoms with Crippen LogP contribution in [0.1, 0.15) is 0 Å². The number of carboxylic acid groups (broad SMARTS) is 1. The van der Waals surface area contributed by atoms with Crippen molar-refractivity contribution in [2.45, 2.75) is 0 Å². The highest BCUT2D eigenvalue weighted by Gasteiger charge is 2.13. The Morgan fingerprint density at radius 3 is 2.58 bits per heavy atom. The Morgan fingerprint density at radius 1 is 1.50 bits per heavy atom. The molecule has 0 aliphatic carbocycles. The van der Waals surface area contributed by atoms with Gasteiger partial charge in [-0.3, -0.25) is 4.90 Å². The number of piperazine rings is 1. The highest BCUT2D eigenvalue weighted by atomic mass is 16.4. The summed E-state index contributed by atoms with van der Waals surface area (Å²) in [6, 6.07) is 0. The molecule has 1 aliphatic heterocycles. The summed E-state index contributed by atoms with van der Waals surface area (Å²) in [6.45, 7) is 7.66. The summed E-state index contributed by atoms with van der Waals surface area (Å²) < 4.78 is 0. The number of carbonyl (C=O) groups is 1. The van der Waals surface area contributed by atoms with E-state index in [-0.39, 0.29) is 5.57 Å². The number of nitrogens with one attached hydrogen (secondary N) is 1. The van der Waals surface area contributed by atoms with Gasteiger partial charge in [0.05, 0.1) is 0 Å². The lowest BCUT2D eigenvalue weighted by Crippen LogP contribution is -2.44. The third kappa shape index (κ3) is 2.64. The van der Waals surface area contributed by atoms with E-state index < -0.39 is 5.97 Å². The Morgan fingerprint density at radius 2 is 2.08 bits per heavy atom. The molecule has 1 heterocycles. The van der Waals surface area contributed by atoms with Crippen molar-refractivity contribution < 1.29 is 9.90 Å². The van der Waals surface area contributed by atoms with Crippen LogP contribution in [0.2, 0.25) is 0 Å².